The summed E-state index contributed by atoms with van der Waals surface area (Å²) < 4.78 is 0. The van der Waals surface area contributed by atoms with E-state index >= 15 is 0 Å². The summed E-state index contributed by atoms with van der Waals surface area (Å²) >= 11 is 0. The lowest BCUT2D eigenvalue weighted by Crippen LogP contribution is -2.07. The summed E-state index contributed by atoms with van der Waals surface area (Å²) in [5.74, 6) is 0. The van der Waals surface area contributed by atoms with Gasteiger partial charge in [0.1, 0.15) is 0 Å². The number of aliphatic hydroxyl groups is 1. The van der Waals surface area contributed by atoms with Gasteiger partial charge < -0.3 is 5.11 Å². The topological polar surface area (TPSA) is 48.9 Å². The van der Waals surface area contributed by atoms with Crippen LogP contribution in [-0.4, -0.2) is 15.3 Å². The minimum absolute atomic E-state index is 0.300. The van der Waals surface area contributed by atoms with Gasteiger partial charge in [-0.3, -0.25) is 5.10 Å². The molecule has 10 heavy (non-hydrogen) atoms. The van der Waals surface area contributed by atoms with Crippen LogP contribution in [0.2, 0.25) is 0 Å². The van der Waals surface area contributed by atoms with Gasteiger partial charge in [-0.1, -0.05) is 0 Å². The Kier molecular flexibility index (Phi) is 1.24. The van der Waals surface area contributed by atoms with E-state index in [0.717, 1.165) is 25.0 Å². The van der Waals surface area contributed by atoms with Crippen LogP contribution in [0.25, 0.3) is 0 Å². The Labute approximate surface area is 59.1 Å². The molecular formula is C7H10N2O. The second-order valence-electron chi connectivity index (χ2n) is 2.72. The molecule has 1 aromatic rings. The predicted molar refractivity (Wildman–Crippen MR) is 36.5 cm³/mol. The van der Waals surface area contributed by atoms with Crippen LogP contribution >= 0.6 is 0 Å². The number of hydrogen-bond acceptors (Lipinski definition) is 2. The van der Waals surface area contributed by atoms with Crippen molar-refractivity contribution in [2.75, 3.05) is 0 Å². The molecule has 1 aliphatic carbocycles. The first-order chi connectivity index (χ1) is 4.88. The lowest BCUT2D eigenvalue weighted by atomic mass is 9.96. The van der Waals surface area contributed by atoms with Crippen molar-refractivity contribution in [3.8, 4) is 0 Å². The maximum atomic E-state index is 9.38. The molecule has 1 aromatic heterocycles. The minimum Gasteiger partial charge on any atom is -0.387 e. The van der Waals surface area contributed by atoms with E-state index in [9.17, 15) is 5.11 Å². The summed E-state index contributed by atoms with van der Waals surface area (Å²) in [6, 6.07) is 0. The minimum atomic E-state index is -0.300. The fourth-order valence-electron chi connectivity index (χ4n) is 1.44. The molecule has 0 saturated heterocycles. The van der Waals surface area contributed by atoms with E-state index in [0.29, 0.717) is 0 Å². The average Bonchev–Trinajstić information content (AvgIpc) is 2.36. The van der Waals surface area contributed by atoms with Gasteiger partial charge in [0.2, 0.25) is 0 Å². The van der Waals surface area contributed by atoms with Gasteiger partial charge in [-0.05, 0) is 24.8 Å². The zero-order chi connectivity index (χ0) is 6.97. The Morgan fingerprint density at radius 1 is 1.70 bits per heavy atom. The smallest absolute Gasteiger partial charge is 0.0957 e. The lowest BCUT2D eigenvalue weighted by Gasteiger charge is -2.15. The van der Waals surface area contributed by atoms with Crippen molar-refractivity contribution in [1.29, 1.82) is 0 Å². The van der Waals surface area contributed by atoms with E-state index in [1.165, 1.54) is 5.56 Å². The highest BCUT2D eigenvalue weighted by Crippen LogP contribution is 2.26. The van der Waals surface area contributed by atoms with Gasteiger partial charge >= 0.3 is 0 Å². The third kappa shape index (κ3) is 0.743. The monoisotopic (exact) mass is 138 g/mol. The zero-order valence-corrected chi connectivity index (χ0v) is 5.67. The summed E-state index contributed by atoms with van der Waals surface area (Å²) in [5, 5.41) is 16.1. The summed E-state index contributed by atoms with van der Waals surface area (Å²) in [6.45, 7) is 0. The summed E-state index contributed by atoms with van der Waals surface area (Å²) in [6.07, 6.45) is 4.51. The standard InChI is InChI=1S/C7H10N2O/c10-6-3-1-2-5-4-8-9-7(5)6/h4,6,10H,1-3H2,(H,8,9)/t6-/m1/s1. The number of fused-ring (bicyclic) bond motifs is 1. The number of aromatic nitrogens is 2. The van der Waals surface area contributed by atoms with Crippen molar-refractivity contribution in [2.24, 2.45) is 0 Å². The third-order valence-corrected chi connectivity index (χ3v) is 2.01. The van der Waals surface area contributed by atoms with Gasteiger partial charge in [-0.2, -0.15) is 5.10 Å². The van der Waals surface area contributed by atoms with Crippen LogP contribution in [0.5, 0.6) is 0 Å². The molecule has 3 heteroatoms. The van der Waals surface area contributed by atoms with Crippen LogP contribution in [0, 0.1) is 0 Å². The van der Waals surface area contributed by atoms with E-state index in [-0.39, 0.29) is 6.10 Å². The molecule has 0 fully saturated rings. The highest BCUT2D eigenvalue weighted by molar-refractivity contribution is 5.21. The Morgan fingerprint density at radius 3 is 3.40 bits per heavy atom. The van der Waals surface area contributed by atoms with Gasteiger partial charge in [-0.15, -0.1) is 0 Å². The number of rotatable bonds is 0. The summed E-state index contributed by atoms with van der Waals surface area (Å²) in [5.41, 5.74) is 2.10. The number of H-pyrrole nitrogens is 1. The lowest BCUT2D eigenvalue weighted by molar-refractivity contribution is 0.152. The molecule has 0 aliphatic heterocycles. The van der Waals surface area contributed by atoms with Crippen LogP contribution < -0.4 is 0 Å². The van der Waals surface area contributed by atoms with Gasteiger partial charge in [0.05, 0.1) is 18.0 Å². The van der Waals surface area contributed by atoms with Gasteiger partial charge in [-0.25, -0.2) is 0 Å². The molecule has 0 radical (unpaired) electrons. The molecule has 2 rings (SSSR count). The Morgan fingerprint density at radius 2 is 2.60 bits per heavy atom. The first-order valence-corrected chi connectivity index (χ1v) is 3.58. The van der Waals surface area contributed by atoms with Crippen LogP contribution in [0.15, 0.2) is 6.20 Å². The second-order valence-corrected chi connectivity index (χ2v) is 2.72. The first kappa shape index (κ1) is 5.92. The molecule has 0 bridgehead atoms. The Balaban J connectivity index is 2.41. The number of hydrogen-bond donors (Lipinski definition) is 2. The maximum Gasteiger partial charge on any atom is 0.0957 e. The molecule has 0 saturated carbocycles. The number of nitrogens with zero attached hydrogens (tertiary/aromatic N) is 1. The van der Waals surface area contributed by atoms with Crippen LogP contribution in [0.3, 0.4) is 0 Å². The van der Waals surface area contributed by atoms with Crippen molar-refractivity contribution in [1.82, 2.24) is 10.2 Å². The Bertz CT molecular complexity index is 231. The molecule has 1 aliphatic rings. The van der Waals surface area contributed by atoms with Gasteiger partial charge in [0.15, 0.2) is 0 Å². The summed E-state index contributed by atoms with van der Waals surface area (Å²) in [7, 11) is 0. The molecule has 0 amide bonds. The van der Waals surface area contributed by atoms with Gasteiger partial charge in [0.25, 0.3) is 0 Å². The molecule has 0 unspecified atom stereocenters. The molecule has 1 heterocycles. The predicted octanol–water partition coefficient (Wildman–Crippen LogP) is 0.779. The van der Waals surface area contributed by atoms with Crippen molar-refractivity contribution in [3.05, 3.63) is 17.5 Å². The van der Waals surface area contributed by atoms with E-state index in [1.807, 2.05) is 0 Å². The van der Waals surface area contributed by atoms with Gasteiger partial charge in [0, 0.05) is 0 Å². The van der Waals surface area contributed by atoms with Crippen molar-refractivity contribution in [3.63, 3.8) is 0 Å². The summed E-state index contributed by atoms with van der Waals surface area (Å²) in [4.78, 5) is 0. The molecule has 1 atom stereocenters. The fraction of sp³-hybridized carbons (Fsp3) is 0.571. The van der Waals surface area contributed by atoms with Crippen molar-refractivity contribution in [2.45, 2.75) is 25.4 Å². The zero-order valence-electron chi connectivity index (χ0n) is 5.67. The molecular weight excluding hydrogens is 128 g/mol. The number of aromatic amines is 1. The molecule has 54 valence electrons. The van der Waals surface area contributed by atoms with E-state index in [1.54, 1.807) is 6.20 Å². The highest BCUT2D eigenvalue weighted by atomic mass is 16.3. The van der Waals surface area contributed by atoms with Crippen molar-refractivity contribution < 1.29 is 5.11 Å². The van der Waals surface area contributed by atoms with E-state index in [4.69, 9.17) is 0 Å². The maximum absolute atomic E-state index is 9.38. The molecule has 0 aromatic carbocycles. The number of aliphatic hydroxyl groups excluding tert-OH is 1. The first-order valence-electron chi connectivity index (χ1n) is 3.58. The average molecular weight is 138 g/mol. The largest absolute Gasteiger partial charge is 0.387 e. The SMILES string of the molecule is O[C@@H]1CCCc2cn[nH]c21. The van der Waals surface area contributed by atoms with Crippen LogP contribution in [-0.2, 0) is 6.42 Å². The second kappa shape index (κ2) is 2.09. The van der Waals surface area contributed by atoms with Crippen LogP contribution in [0.4, 0.5) is 0 Å². The number of nitrogens with one attached hydrogen (secondary N) is 1. The normalized spacial score (nSPS) is 24.3. The quantitative estimate of drug-likeness (QED) is 0.556. The third-order valence-electron chi connectivity index (χ3n) is 2.01. The number of aryl methyl sites for hydroxylation is 1. The molecule has 0 spiro atoms. The van der Waals surface area contributed by atoms with Crippen LogP contribution in [0.1, 0.15) is 30.2 Å². The van der Waals surface area contributed by atoms with E-state index < -0.39 is 0 Å². The fourth-order valence-corrected chi connectivity index (χ4v) is 1.44. The molecule has 2 N–H and O–H groups in total. The van der Waals surface area contributed by atoms with Crippen molar-refractivity contribution >= 4 is 0 Å². The highest BCUT2D eigenvalue weighted by Gasteiger charge is 2.18. The van der Waals surface area contributed by atoms with E-state index in [2.05, 4.69) is 10.2 Å². The molecule has 3 nitrogen and oxygen atoms in total. The Hall–Kier alpha value is -0.830.